The number of alkyl halides is 3. The Morgan fingerprint density at radius 1 is 1.24 bits per heavy atom. The molecule has 0 amide bonds. The molecule has 0 radical (unpaired) electrons. The molecule has 0 unspecified atom stereocenters. The maximum atomic E-state index is 12.6. The number of nitrogen functional groups attached to an aromatic ring is 1. The lowest BCUT2D eigenvalue weighted by Crippen LogP contribution is -2.06. The van der Waals surface area contributed by atoms with E-state index in [1.165, 1.54) is 18.2 Å². The summed E-state index contributed by atoms with van der Waals surface area (Å²) in [6, 6.07) is 4.75. The zero-order valence-electron chi connectivity index (χ0n) is 8.36. The number of hydrogen-bond acceptors (Lipinski definition) is 4. The van der Waals surface area contributed by atoms with Crippen LogP contribution in [0.2, 0.25) is 0 Å². The summed E-state index contributed by atoms with van der Waals surface area (Å²) < 4.78 is 47.4. The second kappa shape index (κ2) is 4.00. The van der Waals surface area contributed by atoms with Gasteiger partial charge < -0.3 is 14.9 Å². The number of benzene rings is 1. The zero-order chi connectivity index (χ0) is 12.5. The fraction of sp³-hybridized carbons (Fsp3) is 0.100. The lowest BCUT2D eigenvalue weighted by Gasteiger charge is -2.10. The molecule has 0 spiro atoms. The van der Waals surface area contributed by atoms with Gasteiger partial charge in [-0.1, -0.05) is 12.1 Å². The van der Waals surface area contributed by atoms with Gasteiger partial charge in [0.25, 0.3) is 0 Å². The Morgan fingerprint density at radius 2 is 1.94 bits per heavy atom. The van der Waals surface area contributed by atoms with Crippen LogP contribution in [0.3, 0.4) is 0 Å². The Labute approximate surface area is 93.8 Å². The van der Waals surface area contributed by atoms with E-state index in [-0.39, 0.29) is 17.6 Å². The maximum absolute atomic E-state index is 12.6. The van der Waals surface area contributed by atoms with Gasteiger partial charge in [-0.25, -0.2) is 0 Å². The SMILES string of the molecule is Nc1coc(Oc2ccccc2C(F)(F)F)n1. The van der Waals surface area contributed by atoms with Crippen molar-refractivity contribution < 1.29 is 22.3 Å². The summed E-state index contributed by atoms with van der Waals surface area (Å²) in [5, 5.41) is 0. The summed E-state index contributed by atoms with van der Waals surface area (Å²) in [4.78, 5) is 3.55. The first kappa shape index (κ1) is 11.3. The summed E-state index contributed by atoms with van der Waals surface area (Å²) >= 11 is 0. The van der Waals surface area contributed by atoms with E-state index in [9.17, 15) is 13.2 Å². The summed E-state index contributed by atoms with van der Waals surface area (Å²) in [5.41, 5.74) is 4.34. The van der Waals surface area contributed by atoms with Crippen LogP contribution in [0.25, 0.3) is 0 Å². The Balaban J connectivity index is 2.33. The molecular formula is C10H7F3N2O2. The monoisotopic (exact) mass is 244 g/mol. The highest BCUT2D eigenvalue weighted by molar-refractivity contribution is 5.37. The van der Waals surface area contributed by atoms with Crippen molar-refractivity contribution in [1.29, 1.82) is 0 Å². The van der Waals surface area contributed by atoms with Crippen LogP contribution >= 0.6 is 0 Å². The van der Waals surface area contributed by atoms with Crippen LogP contribution in [0.1, 0.15) is 5.56 Å². The number of para-hydroxylation sites is 1. The first-order chi connectivity index (χ1) is 7.97. The van der Waals surface area contributed by atoms with Crippen LogP contribution < -0.4 is 10.5 Å². The molecule has 2 rings (SSSR count). The van der Waals surface area contributed by atoms with Crippen LogP contribution in [-0.4, -0.2) is 4.98 Å². The first-order valence-electron chi connectivity index (χ1n) is 4.52. The normalized spacial score (nSPS) is 11.5. The molecule has 17 heavy (non-hydrogen) atoms. The number of aromatic nitrogens is 1. The van der Waals surface area contributed by atoms with Crippen molar-refractivity contribution in [2.45, 2.75) is 6.18 Å². The lowest BCUT2D eigenvalue weighted by atomic mass is 10.2. The molecule has 0 aliphatic rings. The minimum atomic E-state index is -4.51. The number of ether oxygens (including phenoxy) is 1. The van der Waals surface area contributed by atoms with Crippen LogP contribution in [0.15, 0.2) is 34.9 Å². The Kier molecular flexibility index (Phi) is 2.66. The fourth-order valence-corrected chi connectivity index (χ4v) is 1.20. The molecule has 0 bridgehead atoms. The predicted molar refractivity (Wildman–Crippen MR) is 52.4 cm³/mol. The largest absolute Gasteiger partial charge is 0.419 e. The van der Waals surface area contributed by atoms with Crippen molar-refractivity contribution in [2.24, 2.45) is 0 Å². The van der Waals surface area contributed by atoms with Gasteiger partial charge in [-0.3, -0.25) is 0 Å². The summed E-state index contributed by atoms with van der Waals surface area (Å²) in [6.45, 7) is 0. The highest BCUT2D eigenvalue weighted by Crippen LogP contribution is 2.37. The lowest BCUT2D eigenvalue weighted by molar-refractivity contribution is -0.138. The predicted octanol–water partition coefficient (Wildman–Crippen LogP) is 3.07. The van der Waals surface area contributed by atoms with Gasteiger partial charge in [0, 0.05) is 0 Å². The molecule has 2 aromatic rings. The highest BCUT2D eigenvalue weighted by atomic mass is 19.4. The summed E-state index contributed by atoms with van der Waals surface area (Å²) in [7, 11) is 0. The average molecular weight is 244 g/mol. The molecular weight excluding hydrogens is 237 g/mol. The van der Waals surface area contributed by atoms with Crippen molar-refractivity contribution in [3.63, 3.8) is 0 Å². The van der Waals surface area contributed by atoms with Crippen LogP contribution in [-0.2, 0) is 6.18 Å². The number of rotatable bonds is 2. The quantitative estimate of drug-likeness (QED) is 0.881. The Hall–Kier alpha value is -2.18. The summed E-state index contributed by atoms with van der Waals surface area (Å²) in [6.07, 6.45) is -3.76. The van der Waals surface area contributed by atoms with E-state index in [0.717, 1.165) is 12.3 Å². The van der Waals surface area contributed by atoms with Gasteiger partial charge in [0.05, 0.1) is 5.56 Å². The van der Waals surface area contributed by atoms with Gasteiger partial charge in [0.1, 0.15) is 12.0 Å². The molecule has 7 heteroatoms. The molecule has 0 aliphatic carbocycles. The number of hydrogen-bond donors (Lipinski definition) is 1. The van der Waals surface area contributed by atoms with Gasteiger partial charge in [-0.15, -0.1) is 0 Å². The number of oxazole rings is 1. The molecule has 0 fully saturated rings. The van der Waals surface area contributed by atoms with E-state index in [1.807, 2.05) is 0 Å². The van der Waals surface area contributed by atoms with Crippen LogP contribution in [0.5, 0.6) is 11.8 Å². The van der Waals surface area contributed by atoms with Crippen LogP contribution in [0.4, 0.5) is 19.0 Å². The first-order valence-corrected chi connectivity index (χ1v) is 4.52. The van der Waals surface area contributed by atoms with Gasteiger partial charge in [-0.2, -0.15) is 18.2 Å². The molecule has 0 aliphatic heterocycles. The maximum Gasteiger partial charge on any atom is 0.419 e. The van der Waals surface area contributed by atoms with Crippen molar-refractivity contribution in [2.75, 3.05) is 5.73 Å². The molecule has 2 N–H and O–H groups in total. The Bertz CT molecular complexity index is 522. The van der Waals surface area contributed by atoms with Crippen molar-refractivity contribution in [3.05, 3.63) is 36.1 Å². The molecule has 1 aromatic carbocycles. The molecule has 4 nitrogen and oxygen atoms in total. The van der Waals surface area contributed by atoms with Crippen molar-refractivity contribution >= 4 is 5.82 Å². The van der Waals surface area contributed by atoms with E-state index in [2.05, 4.69) is 4.98 Å². The number of nitrogens with two attached hydrogens (primary N) is 1. The van der Waals surface area contributed by atoms with E-state index < -0.39 is 11.7 Å². The second-order valence-electron chi connectivity index (χ2n) is 3.13. The zero-order valence-corrected chi connectivity index (χ0v) is 8.36. The molecule has 0 atom stereocenters. The molecule has 1 heterocycles. The molecule has 0 saturated carbocycles. The third-order valence-electron chi connectivity index (χ3n) is 1.89. The molecule has 1 aromatic heterocycles. The number of anilines is 1. The van der Waals surface area contributed by atoms with E-state index in [0.29, 0.717) is 0 Å². The van der Waals surface area contributed by atoms with Crippen LogP contribution in [0, 0.1) is 0 Å². The average Bonchev–Trinajstić information content (AvgIpc) is 2.63. The Morgan fingerprint density at radius 3 is 2.53 bits per heavy atom. The minimum Gasteiger partial charge on any atom is -0.415 e. The number of halogens is 3. The second-order valence-corrected chi connectivity index (χ2v) is 3.13. The topological polar surface area (TPSA) is 61.3 Å². The van der Waals surface area contributed by atoms with Crippen molar-refractivity contribution in [3.8, 4) is 11.8 Å². The highest BCUT2D eigenvalue weighted by Gasteiger charge is 2.34. The number of nitrogens with zero attached hydrogens (tertiary/aromatic N) is 1. The minimum absolute atomic E-state index is 0.0319. The van der Waals surface area contributed by atoms with Gasteiger partial charge in [0.15, 0.2) is 5.82 Å². The van der Waals surface area contributed by atoms with Gasteiger partial charge in [0.2, 0.25) is 0 Å². The summed E-state index contributed by atoms with van der Waals surface area (Å²) in [5.74, 6) is -0.355. The van der Waals surface area contributed by atoms with E-state index in [4.69, 9.17) is 14.9 Å². The van der Waals surface area contributed by atoms with E-state index >= 15 is 0 Å². The van der Waals surface area contributed by atoms with Gasteiger partial charge >= 0.3 is 12.3 Å². The third-order valence-corrected chi connectivity index (χ3v) is 1.89. The molecule has 0 saturated heterocycles. The third kappa shape index (κ3) is 2.49. The van der Waals surface area contributed by atoms with Crippen molar-refractivity contribution in [1.82, 2.24) is 4.98 Å². The van der Waals surface area contributed by atoms with Gasteiger partial charge in [-0.05, 0) is 12.1 Å². The molecule has 90 valence electrons. The fourth-order valence-electron chi connectivity index (χ4n) is 1.20. The standard InChI is InChI=1S/C10H7F3N2O2/c11-10(12,13)6-3-1-2-4-7(6)17-9-15-8(14)5-16-9/h1-5H,14H2. The van der Waals surface area contributed by atoms with E-state index in [1.54, 1.807) is 0 Å². The smallest absolute Gasteiger partial charge is 0.415 e.